The summed E-state index contributed by atoms with van der Waals surface area (Å²) in [4.78, 5) is 23.0. The van der Waals surface area contributed by atoms with Gasteiger partial charge in [0.25, 0.3) is 0 Å². The Bertz CT molecular complexity index is 544. The van der Waals surface area contributed by atoms with Crippen molar-refractivity contribution in [2.45, 2.75) is 174 Å². The molecule has 0 amide bonds. The number of quaternary nitrogens is 1. The van der Waals surface area contributed by atoms with E-state index in [1.165, 1.54) is 128 Å². The third kappa shape index (κ3) is 29.5. The number of esters is 1. The predicted octanol–water partition coefficient (Wildman–Crippen LogP) is 8.13. The summed E-state index contributed by atoms with van der Waals surface area (Å²) in [6.07, 6.45) is 30.6. The fraction of sp³-hybridized carbons (Fsp3) is 0.939. The minimum Gasteiger partial charge on any atom is -0.550 e. The molecule has 0 heterocycles. The highest BCUT2D eigenvalue weighted by molar-refractivity contribution is 5.70. The molecular weight excluding hydrogens is 474 g/mol. The quantitative estimate of drug-likeness (QED) is 0.0547. The van der Waals surface area contributed by atoms with Gasteiger partial charge in [0.05, 0.1) is 21.1 Å². The summed E-state index contributed by atoms with van der Waals surface area (Å²) in [6.45, 7) is 2.76. The molecule has 0 aliphatic heterocycles. The topological polar surface area (TPSA) is 66.4 Å². The molecule has 0 aromatic carbocycles. The molecular formula is C33H65NO4. The largest absolute Gasteiger partial charge is 0.550 e. The maximum absolute atomic E-state index is 12.1. The van der Waals surface area contributed by atoms with Crippen molar-refractivity contribution < 1.29 is 23.9 Å². The molecule has 0 saturated carbocycles. The van der Waals surface area contributed by atoms with Crippen LogP contribution in [0.1, 0.15) is 167 Å². The summed E-state index contributed by atoms with van der Waals surface area (Å²) in [5.74, 6) is -1.45. The van der Waals surface area contributed by atoms with Gasteiger partial charge in [0.1, 0.15) is 6.54 Å². The predicted molar refractivity (Wildman–Crippen MR) is 159 cm³/mol. The Hall–Kier alpha value is -1.10. The van der Waals surface area contributed by atoms with Crippen LogP contribution in [0.5, 0.6) is 0 Å². The first-order valence-corrected chi connectivity index (χ1v) is 16.4. The van der Waals surface area contributed by atoms with E-state index in [0.29, 0.717) is 17.4 Å². The number of hydrogen-bond acceptors (Lipinski definition) is 4. The number of likely N-dealkylation sites (N-methyl/N-ethyl adjacent to an activating group) is 1. The maximum Gasteiger partial charge on any atom is 0.306 e. The molecule has 226 valence electrons. The van der Waals surface area contributed by atoms with Gasteiger partial charge in [-0.2, -0.15) is 0 Å². The number of carboxylic acids is 1. The Labute approximate surface area is 237 Å². The van der Waals surface area contributed by atoms with E-state index in [1.807, 2.05) is 21.1 Å². The van der Waals surface area contributed by atoms with Gasteiger partial charge >= 0.3 is 5.97 Å². The standard InChI is InChI=1S/C33H65NO4/c1-5-6-7-8-9-10-11-12-13-14-15-16-17-18-19-20-21-22-23-24-25-26-27-28-33(37)38-31(29-32(35)36)30-34(2,3)4/h31H,5-30H2,1-4H3/t31-/m1/s1. The van der Waals surface area contributed by atoms with Crippen molar-refractivity contribution in [2.24, 2.45) is 0 Å². The molecule has 0 bridgehead atoms. The van der Waals surface area contributed by atoms with Gasteiger partial charge in [-0.25, -0.2) is 0 Å². The van der Waals surface area contributed by atoms with Crippen LogP contribution in [-0.2, 0) is 14.3 Å². The number of ether oxygens (including phenoxy) is 1. The fourth-order valence-electron chi connectivity index (χ4n) is 5.24. The molecule has 0 aromatic rings. The molecule has 0 N–H and O–H groups in total. The number of rotatable bonds is 29. The fourth-order valence-corrected chi connectivity index (χ4v) is 5.24. The monoisotopic (exact) mass is 539 g/mol. The Morgan fingerprint density at radius 2 is 0.895 bits per heavy atom. The zero-order valence-electron chi connectivity index (χ0n) is 26.0. The van der Waals surface area contributed by atoms with Crippen molar-refractivity contribution in [1.29, 1.82) is 0 Å². The van der Waals surface area contributed by atoms with E-state index in [1.54, 1.807) is 0 Å². The third-order valence-corrected chi connectivity index (χ3v) is 7.43. The normalized spacial score (nSPS) is 12.5. The lowest BCUT2D eigenvalue weighted by Gasteiger charge is -2.29. The number of hydrogen-bond donors (Lipinski definition) is 0. The molecule has 0 spiro atoms. The van der Waals surface area contributed by atoms with Crippen molar-refractivity contribution >= 4 is 11.9 Å². The van der Waals surface area contributed by atoms with Crippen molar-refractivity contribution in [3.8, 4) is 0 Å². The van der Waals surface area contributed by atoms with Crippen LogP contribution in [0.3, 0.4) is 0 Å². The molecule has 0 aliphatic carbocycles. The van der Waals surface area contributed by atoms with Gasteiger partial charge in [0.2, 0.25) is 0 Å². The molecule has 1 atom stereocenters. The number of carboxylic acid groups (broad SMARTS) is 1. The second kappa shape index (κ2) is 26.1. The zero-order chi connectivity index (χ0) is 28.3. The molecule has 5 heteroatoms. The zero-order valence-corrected chi connectivity index (χ0v) is 26.0. The first-order chi connectivity index (χ1) is 18.2. The number of carbonyl (C=O) groups is 2. The van der Waals surface area contributed by atoms with Gasteiger partial charge in [-0.1, -0.05) is 148 Å². The van der Waals surface area contributed by atoms with Crippen LogP contribution in [0.4, 0.5) is 0 Å². The second-order valence-electron chi connectivity index (χ2n) is 12.7. The van der Waals surface area contributed by atoms with Crippen LogP contribution < -0.4 is 5.11 Å². The third-order valence-electron chi connectivity index (χ3n) is 7.43. The Kier molecular flexibility index (Phi) is 25.4. The molecule has 0 aromatic heterocycles. The van der Waals surface area contributed by atoms with E-state index >= 15 is 0 Å². The van der Waals surface area contributed by atoms with Gasteiger partial charge in [0, 0.05) is 18.8 Å². The van der Waals surface area contributed by atoms with Gasteiger partial charge in [-0.3, -0.25) is 4.79 Å². The number of unbranched alkanes of at least 4 members (excludes halogenated alkanes) is 22. The van der Waals surface area contributed by atoms with Crippen molar-refractivity contribution in [2.75, 3.05) is 27.7 Å². The number of aliphatic carboxylic acids is 1. The van der Waals surface area contributed by atoms with Crippen LogP contribution in [0.25, 0.3) is 0 Å². The van der Waals surface area contributed by atoms with Crippen molar-refractivity contribution in [3.63, 3.8) is 0 Å². The van der Waals surface area contributed by atoms with Crippen LogP contribution in [-0.4, -0.2) is 50.2 Å². The molecule has 0 rings (SSSR count). The Balaban J connectivity index is 3.37. The van der Waals surface area contributed by atoms with Crippen LogP contribution in [0.15, 0.2) is 0 Å². The molecule has 0 unspecified atom stereocenters. The van der Waals surface area contributed by atoms with Gasteiger partial charge < -0.3 is 19.1 Å². The summed E-state index contributed by atoms with van der Waals surface area (Å²) in [5.41, 5.74) is 0. The van der Waals surface area contributed by atoms with E-state index in [-0.39, 0.29) is 12.4 Å². The first kappa shape index (κ1) is 36.9. The SMILES string of the molecule is CCCCCCCCCCCCCCCCCCCCCCCCCC(=O)O[C@H](CC(=O)[O-])C[N+](C)(C)C. The lowest BCUT2D eigenvalue weighted by molar-refractivity contribution is -0.873. The van der Waals surface area contributed by atoms with Gasteiger partial charge in [-0.05, 0) is 6.42 Å². The first-order valence-electron chi connectivity index (χ1n) is 16.4. The van der Waals surface area contributed by atoms with E-state index in [9.17, 15) is 14.7 Å². The van der Waals surface area contributed by atoms with Crippen LogP contribution >= 0.6 is 0 Å². The Morgan fingerprint density at radius 1 is 0.579 bits per heavy atom. The van der Waals surface area contributed by atoms with Crippen molar-refractivity contribution in [1.82, 2.24) is 0 Å². The van der Waals surface area contributed by atoms with E-state index in [4.69, 9.17) is 4.74 Å². The second-order valence-corrected chi connectivity index (χ2v) is 12.7. The molecule has 38 heavy (non-hydrogen) atoms. The molecule has 5 nitrogen and oxygen atoms in total. The minimum absolute atomic E-state index is 0.235. The summed E-state index contributed by atoms with van der Waals surface area (Å²) >= 11 is 0. The van der Waals surface area contributed by atoms with E-state index in [0.717, 1.165) is 19.3 Å². The average molecular weight is 540 g/mol. The summed E-state index contributed by atoms with van der Waals surface area (Å²) < 4.78 is 5.96. The van der Waals surface area contributed by atoms with Crippen LogP contribution in [0.2, 0.25) is 0 Å². The maximum atomic E-state index is 12.1. The summed E-state index contributed by atoms with van der Waals surface area (Å²) in [6, 6.07) is 0. The lowest BCUT2D eigenvalue weighted by atomic mass is 10.0. The van der Waals surface area contributed by atoms with Gasteiger partial charge in [0.15, 0.2) is 6.10 Å². The summed E-state index contributed by atoms with van der Waals surface area (Å²) in [5, 5.41) is 10.9. The molecule has 0 saturated heterocycles. The molecule has 0 fully saturated rings. The van der Waals surface area contributed by atoms with Crippen LogP contribution in [0, 0.1) is 0 Å². The average Bonchev–Trinajstić information content (AvgIpc) is 2.83. The molecule has 0 aliphatic rings. The van der Waals surface area contributed by atoms with E-state index < -0.39 is 12.1 Å². The highest BCUT2D eigenvalue weighted by Gasteiger charge is 2.22. The van der Waals surface area contributed by atoms with Crippen molar-refractivity contribution in [3.05, 3.63) is 0 Å². The summed E-state index contributed by atoms with van der Waals surface area (Å²) in [7, 11) is 5.86. The Morgan fingerprint density at radius 3 is 1.18 bits per heavy atom. The lowest BCUT2D eigenvalue weighted by Crippen LogP contribution is -2.45. The van der Waals surface area contributed by atoms with E-state index in [2.05, 4.69) is 6.92 Å². The highest BCUT2D eigenvalue weighted by atomic mass is 16.5. The minimum atomic E-state index is -1.17. The smallest absolute Gasteiger partial charge is 0.306 e. The highest BCUT2D eigenvalue weighted by Crippen LogP contribution is 2.16. The molecule has 0 radical (unpaired) electrons. The number of carbonyl (C=O) groups excluding carboxylic acids is 2. The number of nitrogens with zero attached hydrogens (tertiary/aromatic N) is 1. The van der Waals surface area contributed by atoms with Gasteiger partial charge in [-0.15, -0.1) is 0 Å².